The number of benzene rings is 19. The summed E-state index contributed by atoms with van der Waals surface area (Å²) in [5.41, 5.74) is 39.6. The normalized spacial score (nSPS) is 12.0. The monoisotopic (exact) mass is 1800 g/mol. The van der Waals surface area contributed by atoms with Crippen molar-refractivity contribution < 1.29 is 4.42 Å². The molecule has 138 heavy (non-hydrogen) atoms. The van der Waals surface area contributed by atoms with Crippen LogP contribution in [0.5, 0.6) is 0 Å². The lowest BCUT2D eigenvalue weighted by molar-refractivity contribution is 0.669. The third-order valence-electron chi connectivity index (χ3n) is 28.8. The number of rotatable bonds is 16. The molecule has 0 N–H and O–H groups in total. The Bertz CT molecular complexity index is 8840. The maximum absolute atomic E-state index is 6.10. The second-order valence-electron chi connectivity index (χ2n) is 39.3. The number of hydrogen-bond acceptors (Lipinski definition) is 2. The van der Waals surface area contributed by atoms with E-state index in [4.69, 9.17) is 4.42 Å². The van der Waals surface area contributed by atoms with Crippen molar-refractivity contribution in [1.29, 1.82) is 0 Å². The first-order valence-corrected chi connectivity index (χ1v) is 50.0. The zero-order valence-electron chi connectivity index (χ0n) is 80.3. The molecule has 6 aromatic heterocycles. The van der Waals surface area contributed by atoms with Crippen LogP contribution in [0.3, 0.4) is 0 Å². The van der Waals surface area contributed by atoms with E-state index in [1.54, 1.807) is 0 Å². The van der Waals surface area contributed by atoms with Crippen LogP contribution in [0.25, 0.3) is 219 Å². The Labute approximate surface area is 811 Å². The van der Waals surface area contributed by atoms with Crippen molar-refractivity contribution >= 4 is 141 Å². The Morgan fingerprint density at radius 3 is 1.15 bits per heavy atom. The van der Waals surface area contributed by atoms with Crippen LogP contribution in [0.1, 0.15) is 152 Å². The number of nitrogens with zero attached hydrogens (tertiary/aromatic N) is 4. The van der Waals surface area contributed by atoms with Crippen LogP contribution >= 0.6 is 11.3 Å². The number of para-hydroxylation sites is 7. The summed E-state index contributed by atoms with van der Waals surface area (Å²) in [7, 11) is 0. The zero-order valence-corrected chi connectivity index (χ0v) is 81.1. The van der Waals surface area contributed by atoms with E-state index < -0.39 is 0 Å². The second kappa shape index (κ2) is 35.6. The highest BCUT2D eigenvalue weighted by molar-refractivity contribution is 7.26. The van der Waals surface area contributed by atoms with Gasteiger partial charge in [0.1, 0.15) is 11.2 Å². The summed E-state index contributed by atoms with van der Waals surface area (Å²) in [5.74, 6) is 2.71. The Morgan fingerprint density at radius 1 is 0.196 bits per heavy atom. The minimum atomic E-state index is 0.422. The summed E-state index contributed by atoms with van der Waals surface area (Å²) < 4.78 is 18.7. The van der Waals surface area contributed by atoms with Crippen LogP contribution in [-0.2, 0) is 0 Å². The van der Waals surface area contributed by atoms with Crippen LogP contribution in [0.15, 0.2) is 417 Å². The van der Waals surface area contributed by atoms with Gasteiger partial charge in [-0.3, -0.25) is 0 Å². The predicted octanol–water partition coefficient (Wildman–Crippen LogP) is 38.5. The Balaban J connectivity index is 0.000000116. The lowest BCUT2D eigenvalue weighted by Gasteiger charge is -2.16. The van der Waals surface area contributed by atoms with Crippen LogP contribution in [-0.4, -0.2) is 18.3 Å². The van der Waals surface area contributed by atoms with E-state index in [9.17, 15) is 0 Å². The quantitative estimate of drug-likeness (QED) is 0.0949. The topological polar surface area (TPSA) is 32.9 Å². The van der Waals surface area contributed by atoms with Gasteiger partial charge in [0.2, 0.25) is 0 Å². The summed E-state index contributed by atoms with van der Waals surface area (Å²) in [4.78, 5) is 0. The summed E-state index contributed by atoms with van der Waals surface area (Å²) in [6, 6.07) is 152. The van der Waals surface area contributed by atoms with Crippen molar-refractivity contribution in [3.8, 4) is 89.5 Å². The average Bonchev–Trinajstić information content (AvgIpc) is 1.56. The number of hydrogen-bond donors (Lipinski definition) is 0. The Kier molecular flexibility index (Phi) is 22.3. The van der Waals surface area contributed by atoms with Gasteiger partial charge in [-0.2, -0.15) is 0 Å². The summed E-state index contributed by atoms with van der Waals surface area (Å²) >= 11 is 1.88. The van der Waals surface area contributed by atoms with Crippen LogP contribution in [0.2, 0.25) is 0 Å². The van der Waals surface area contributed by atoms with E-state index in [1.165, 1.54) is 230 Å². The highest BCUT2D eigenvalue weighted by Gasteiger charge is 2.27. The summed E-state index contributed by atoms with van der Waals surface area (Å²) in [6.45, 7) is 27.5. The number of aromatic nitrogens is 4. The van der Waals surface area contributed by atoms with E-state index in [0.29, 0.717) is 35.5 Å². The van der Waals surface area contributed by atoms with Gasteiger partial charge in [-0.05, 0) is 241 Å². The molecule has 0 saturated carbocycles. The molecule has 0 aliphatic rings. The molecule has 0 amide bonds. The first-order chi connectivity index (χ1) is 67.4. The summed E-state index contributed by atoms with van der Waals surface area (Å²) in [6.07, 6.45) is 0. The molecular weight excluding hydrogens is 1690 g/mol. The van der Waals surface area contributed by atoms with Crippen molar-refractivity contribution in [2.75, 3.05) is 0 Å². The maximum Gasteiger partial charge on any atom is 0.135 e. The molecule has 0 aliphatic carbocycles. The molecule has 25 aromatic rings. The average molecular weight is 1800 g/mol. The van der Waals surface area contributed by atoms with Crippen molar-refractivity contribution in [2.24, 2.45) is 0 Å². The van der Waals surface area contributed by atoms with E-state index in [1.807, 2.05) is 23.5 Å². The zero-order chi connectivity index (χ0) is 93.8. The number of fused-ring (bicyclic) bond motifs is 18. The van der Waals surface area contributed by atoms with Crippen LogP contribution < -0.4 is 0 Å². The molecule has 0 atom stereocenters. The fourth-order valence-electron chi connectivity index (χ4n) is 21.8. The molecule has 0 radical (unpaired) electrons. The molecule has 6 heteroatoms. The van der Waals surface area contributed by atoms with E-state index in [-0.39, 0.29) is 0 Å². The minimum Gasteiger partial charge on any atom is -0.456 e. The molecular formula is C132H110N4OS. The molecule has 6 heterocycles. The molecule has 0 spiro atoms. The van der Waals surface area contributed by atoms with Gasteiger partial charge in [0.05, 0.1) is 61.2 Å². The standard InChI is InChI=1S/C48H40N2.C42H35NO.C42H35NS/c1-31(2)36-19-13-25-44-46(36)47-37(32(3)4)20-14-26-45(47)50(44)42-23-10-8-17-38(42)33-27-29-34(30-28-33)39-21-12-22-41-40-18-9-11-24-43(40)49(48(39)41)35-15-6-5-7-16-35;1-26(2)28-16-19-39-35(23-28)36-24-29(27(3)4)17-20-40(36)43(39)38-14-7-5-12-33(38)32-11-9-10-30(22-32)31-18-21-42-37(25-31)34-13-6-8-15-41(34)44-42;1-26(2)28-19-21-34-35-22-20-29(27(3)4)25-39(35)43(38(34)24-28)37-16-7-5-13-32(37)30-11-9-12-31(23-30)33-15-10-18-41-42(33)36-14-6-8-17-40(36)44-41/h5-32H,1-4H3;2*5-27H,1-4H3. The van der Waals surface area contributed by atoms with E-state index in [0.717, 1.165) is 21.9 Å². The molecule has 0 fully saturated rings. The van der Waals surface area contributed by atoms with E-state index in [2.05, 4.69) is 502 Å². The van der Waals surface area contributed by atoms with Crippen molar-refractivity contribution in [3.05, 3.63) is 446 Å². The van der Waals surface area contributed by atoms with Gasteiger partial charge in [-0.1, -0.05) is 368 Å². The van der Waals surface area contributed by atoms with Crippen LogP contribution in [0.4, 0.5) is 0 Å². The molecule has 670 valence electrons. The van der Waals surface area contributed by atoms with Crippen molar-refractivity contribution in [3.63, 3.8) is 0 Å². The van der Waals surface area contributed by atoms with Crippen LogP contribution in [0, 0.1) is 0 Å². The minimum absolute atomic E-state index is 0.422. The SMILES string of the molecule is CC(C)c1ccc2c(c1)c1cc(C(C)C)ccc1n2-c1ccccc1-c1cccc(-c2ccc3oc4ccccc4c3c2)c1.CC(C)c1ccc2c3ccc(C(C)C)cc3n(-c3ccccc3-c3cccc(-c4cccc5sc6ccccc6c45)c3)c2c1.CC(C)c1cccc2c1c1c(C(C)C)cccc1n2-c1ccccc1-c1ccc(-c2cccc3c4ccccc4n(-c4ccccc4)c23)cc1. The highest BCUT2D eigenvalue weighted by Crippen LogP contribution is 2.49. The van der Waals surface area contributed by atoms with Crippen molar-refractivity contribution in [2.45, 2.75) is 119 Å². The number of thiophene rings is 1. The Morgan fingerprint density at radius 2 is 0.572 bits per heavy atom. The van der Waals surface area contributed by atoms with Gasteiger partial charge in [-0.15, -0.1) is 11.3 Å². The second-order valence-corrected chi connectivity index (χ2v) is 40.4. The molecule has 19 aromatic carbocycles. The lowest BCUT2D eigenvalue weighted by Crippen LogP contribution is -1.99. The highest BCUT2D eigenvalue weighted by atomic mass is 32.1. The predicted molar refractivity (Wildman–Crippen MR) is 594 cm³/mol. The molecule has 0 bridgehead atoms. The van der Waals surface area contributed by atoms with Crippen molar-refractivity contribution in [1.82, 2.24) is 18.3 Å². The third-order valence-corrected chi connectivity index (χ3v) is 30.0. The molecule has 25 rings (SSSR count). The molecule has 0 aliphatic heterocycles. The largest absolute Gasteiger partial charge is 0.456 e. The fraction of sp³-hybridized carbons (Fsp3) is 0.136. The first-order valence-electron chi connectivity index (χ1n) is 49.2. The first kappa shape index (κ1) is 86.5. The lowest BCUT2D eigenvalue weighted by atomic mass is 9.92. The fourth-order valence-corrected chi connectivity index (χ4v) is 22.9. The van der Waals surface area contributed by atoms with Gasteiger partial charge in [0, 0.05) is 102 Å². The Hall–Kier alpha value is -15.6. The summed E-state index contributed by atoms with van der Waals surface area (Å²) in [5, 5.41) is 15.5. The van der Waals surface area contributed by atoms with Gasteiger partial charge in [0.15, 0.2) is 0 Å². The molecule has 0 saturated heterocycles. The number of furan rings is 1. The van der Waals surface area contributed by atoms with Gasteiger partial charge in [0.25, 0.3) is 0 Å². The van der Waals surface area contributed by atoms with Gasteiger partial charge in [-0.25, -0.2) is 0 Å². The smallest absolute Gasteiger partial charge is 0.135 e. The maximum atomic E-state index is 6.10. The van der Waals surface area contributed by atoms with Gasteiger partial charge >= 0.3 is 0 Å². The third kappa shape index (κ3) is 15.1. The van der Waals surface area contributed by atoms with Gasteiger partial charge < -0.3 is 22.7 Å². The van der Waals surface area contributed by atoms with E-state index >= 15 is 0 Å². The molecule has 5 nitrogen and oxygen atoms in total. The molecule has 0 unspecified atom stereocenters.